The van der Waals surface area contributed by atoms with Gasteiger partial charge in [0.15, 0.2) is 0 Å². The molecule has 0 radical (unpaired) electrons. The van der Waals surface area contributed by atoms with E-state index < -0.39 is 11.5 Å². The maximum Gasteiger partial charge on any atom is 0.0662 e. The van der Waals surface area contributed by atoms with E-state index in [-0.39, 0.29) is 19.8 Å². The van der Waals surface area contributed by atoms with Crippen LogP contribution < -0.4 is 0 Å². The van der Waals surface area contributed by atoms with Crippen molar-refractivity contribution in [2.45, 2.75) is 290 Å². The van der Waals surface area contributed by atoms with Crippen molar-refractivity contribution in [3.63, 3.8) is 0 Å². The Morgan fingerprint density at radius 2 is 0.463 bits per heavy atom. The second kappa shape index (κ2) is 44.0. The first-order valence-corrected chi connectivity index (χ1v) is 25.1. The molecule has 0 rings (SSSR count). The minimum absolute atomic E-state index is 0.388. The highest BCUT2D eigenvalue weighted by atomic mass is 16.3. The van der Waals surface area contributed by atoms with Crippen LogP contribution in [0.3, 0.4) is 0 Å². The molecule has 0 amide bonds. The van der Waals surface area contributed by atoms with Gasteiger partial charge in [0.05, 0.1) is 31.3 Å². The summed E-state index contributed by atoms with van der Waals surface area (Å²) in [7, 11) is 0. The van der Waals surface area contributed by atoms with Crippen molar-refractivity contribution in [3.05, 3.63) is 0 Å². The molecule has 0 aliphatic heterocycles. The fourth-order valence-corrected chi connectivity index (χ4v) is 8.65. The van der Waals surface area contributed by atoms with Crippen molar-refractivity contribution in [1.82, 2.24) is 0 Å². The number of rotatable bonds is 47. The molecule has 0 heterocycles. The highest BCUT2D eigenvalue weighted by molar-refractivity contribution is 4.85. The third kappa shape index (κ3) is 35.0. The molecular weight excluding hydrogens is 665 g/mol. The van der Waals surface area contributed by atoms with E-state index in [0.717, 1.165) is 18.8 Å². The number of hydrogen-bond acceptors (Lipinski definition) is 4. The van der Waals surface area contributed by atoms with E-state index in [0.29, 0.717) is 6.42 Å². The number of aliphatic hydroxyl groups is 4. The summed E-state index contributed by atoms with van der Waals surface area (Å²) >= 11 is 0. The van der Waals surface area contributed by atoms with E-state index in [1.54, 1.807) is 0 Å². The lowest BCUT2D eigenvalue weighted by atomic mass is 9.82. The maximum atomic E-state index is 10.4. The van der Waals surface area contributed by atoms with Gasteiger partial charge in [-0.25, -0.2) is 0 Å². The lowest BCUT2D eigenvalue weighted by Crippen LogP contribution is -2.45. The van der Waals surface area contributed by atoms with Crippen molar-refractivity contribution < 1.29 is 20.4 Å². The zero-order chi connectivity index (χ0) is 39.5. The largest absolute Gasteiger partial charge is 0.396 e. The zero-order valence-electron chi connectivity index (χ0n) is 37.3. The Morgan fingerprint density at radius 3 is 0.667 bits per heavy atom. The van der Waals surface area contributed by atoms with E-state index in [2.05, 4.69) is 13.8 Å². The van der Waals surface area contributed by atoms with Crippen LogP contribution in [0.4, 0.5) is 0 Å². The van der Waals surface area contributed by atoms with Crippen LogP contribution >= 0.6 is 0 Å². The molecule has 4 nitrogen and oxygen atoms in total. The maximum absolute atomic E-state index is 10.4. The Balaban J connectivity index is 4.11. The molecule has 54 heavy (non-hydrogen) atoms. The SMILES string of the molecule is CCCCCCCCCCCCCCCCCCC(CCCCCCCCCCCCCCCCCC)CCCCCCCCC(O)C(CO)(CO)CO. The third-order valence-corrected chi connectivity index (χ3v) is 12.9. The lowest BCUT2D eigenvalue weighted by molar-refractivity contribution is -0.0863. The molecule has 0 fully saturated rings. The average molecular weight is 767 g/mol. The van der Waals surface area contributed by atoms with E-state index in [1.165, 1.54) is 250 Å². The molecule has 0 aromatic heterocycles. The fraction of sp³-hybridized carbons (Fsp3) is 1.00. The van der Waals surface area contributed by atoms with Gasteiger partial charge in [-0.15, -0.1) is 0 Å². The molecule has 1 atom stereocenters. The van der Waals surface area contributed by atoms with Gasteiger partial charge in [-0.05, 0) is 12.3 Å². The van der Waals surface area contributed by atoms with Crippen molar-refractivity contribution >= 4 is 0 Å². The molecule has 4 heteroatoms. The average Bonchev–Trinajstić information content (AvgIpc) is 3.19. The number of hydrogen-bond donors (Lipinski definition) is 4. The van der Waals surface area contributed by atoms with Gasteiger partial charge in [-0.3, -0.25) is 0 Å². The Kier molecular flexibility index (Phi) is 43.8. The molecule has 0 aromatic carbocycles. The molecule has 4 N–H and O–H groups in total. The minimum Gasteiger partial charge on any atom is -0.396 e. The standard InChI is InChI=1S/C50H102O4/c1-3-5-7-9-11-13-15-17-19-21-23-25-27-29-33-37-41-48(43-39-35-31-32-36-40-44-49(54)50(45-51,46-52)47-53)42-38-34-30-28-26-24-22-20-18-16-14-12-10-8-6-4-2/h48-49,51-54H,3-47H2,1-2H3. The quantitative estimate of drug-likeness (QED) is 0.0465. The lowest BCUT2D eigenvalue weighted by Gasteiger charge is -2.32. The van der Waals surface area contributed by atoms with Crippen molar-refractivity contribution in [1.29, 1.82) is 0 Å². The van der Waals surface area contributed by atoms with E-state index in [9.17, 15) is 20.4 Å². The third-order valence-electron chi connectivity index (χ3n) is 12.9. The molecule has 0 spiro atoms. The van der Waals surface area contributed by atoms with Crippen molar-refractivity contribution in [3.8, 4) is 0 Å². The number of aliphatic hydroxyl groups excluding tert-OH is 4. The first kappa shape index (κ1) is 53.8. The van der Waals surface area contributed by atoms with Gasteiger partial charge in [0.2, 0.25) is 0 Å². The smallest absolute Gasteiger partial charge is 0.0662 e. The summed E-state index contributed by atoms with van der Waals surface area (Å²) in [4.78, 5) is 0. The molecule has 0 saturated carbocycles. The molecule has 1 unspecified atom stereocenters. The highest BCUT2D eigenvalue weighted by Crippen LogP contribution is 2.27. The predicted octanol–water partition coefficient (Wildman–Crippen LogP) is 15.4. The van der Waals surface area contributed by atoms with E-state index in [4.69, 9.17) is 0 Å². The summed E-state index contributed by atoms with van der Waals surface area (Å²) < 4.78 is 0. The van der Waals surface area contributed by atoms with Crippen LogP contribution in [0.15, 0.2) is 0 Å². The molecule has 0 aliphatic carbocycles. The van der Waals surface area contributed by atoms with Gasteiger partial charge < -0.3 is 20.4 Å². The summed E-state index contributed by atoms with van der Waals surface area (Å²) in [6, 6.07) is 0. The first-order valence-electron chi connectivity index (χ1n) is 25.1. The first-order chi connectivity index (χ1) is 26.6. The van der Waals surface area contributed by atoms with Gasteiger partial charge in [0.1, 0.15) is 0 Å². The summed E-state index contributed by atoms with van der Waals surface area (Å²) in [6.45, 7) is 3.44. The topological polar surface area (TPSA) is 80.9 Å². The summed E-state index contributed by atoms with van der Waals surface area (Å²) in [5.74, 6) is 0.919. The molecule has 0 saturated heterocycles. The minimum atomic E-state index is -1.17. The van der Waals surface area contributed by atoms with Gasteiger partial charge in [0, 0.05) is 0 Å². The van der Waals surface area contributed by atoms with Gasteiger partial charge >= 0.3 is 0 Å². The monoisotopic (exact) mass is 767 g/mol. The second-order valence-corrected chi connectivity index (χ2v) is 18.1. The normalized spacial score (nSPS) is 12.7. The van der Waals surface area contributed by atoms with Crippen LogP contribution in [0.1, 0.15) is 284 Å². The Hall–Kier alpha value is -0.160. The molecule has 0 bridgehead atoms. The van der Waals surface area contributed by atoms with Crippen LogP contribution in [-0.4, -0.2) is 46.4 Å². The molecule has 0 aliphatic rings. The summed E-state index contributed by atoms with van der Waals surface area (Å²) in [5.41, 5.74) is -1.17. The van der Waals surface area contributed by atoms with Crippen LogP contribution in [-0.2, 0) is 0 Å². The number of unbranched alkanes of at least 4 members (excludes halogenated alkanes) is 35. The van der Waals surface area contributed by atoms with E-state index in [1.807, 2.05) is 0 Å². The van der Waals surface area contributed by atoms with Crippen molar-refractivity contribution in [2.75, 3.05) is 19.8 Å². The van der Waals surface area contributed by atoms with Gasteiger partial charge in [-0.1, -0.05) is 277 Å². The molecule has 326 valence electrons. The van der Waals surface area contributed by atoms with Crippen molar-refractivity contribution in [2.24, 2.45) is 11.3 Å². The Labute approximate surface area is 340 Å². The predicted molar refractivity (Wildman–Crippen MR) is 238 cm³/mol. The van der Waals surface area contributed by atoms with Crippen LogP contribution in [0.2, 0.25) is 0 Å². The molecular formula is C50H102O4. The highest BCUT2D eigenvalue weighted by Gasteiger charge is 2.36. The van der Waals surface area contributed by atoms with Gasteiger partial charge in [-0.2, -0.15) is 0 Å². The van der Waals surface area contributed by atoms with E-state index >= 15 is 0 Å². The molecule has 0 aromatic rings. The van der Waals surface area contributed by atoms with Gasteiger partial charge in [0.25, 0.3) is 0 Å². The van der Waals surface area contributed by atoms with Crippen LogP contribution in [0, 0.1) is 11.3 Å². The Bertz CT molecular complexity index is 635. The van der Waals surface area contributed by atoms with Crippen LogP contribution in [0.5, 0.6) is 0 Å². The fourth-order valence-electron chi connectivity index (χ4n) is 8.65. The second-order valence-electron chi connectivity index (χ2n) is 18.1. The Morgan fingerprint density at radius 1 is 0.278 bits per heavy atom. The zero-order valence-corrected chi connectivity index (χ0v) is 37.3. The summed E-state index contributed by atoms with van der Waals surface area (Å²) in [6.07, 6.45) is 57.2. The van der Waals surface area contributed by atoms with Crippen LogP contribution in [0.25, 0.3) is 0 Å². The summed E-state index contributed by atoms with van der Waals surface area (Å²) in [5, 5.41) is 39.1.